The molecule has 1 aromatic carbocycles. The van der Waals surface area contributed by atoms with Gasteiger partial charge in [-0.25, -0.2) is 0 Å². The van der Waals surface area contributed by atoms with Crippen molar-refractivity contribution in [1.82, 2.24) is 0 Å². The van der Waals surface area contributed by atoms with Gasteiger partial charge < -0.3 is 23.7 Å². The number of ether oxygens (including phenoxy) is 5. The molecule has 178 valence electrons. The Labute approximate surface area is 199 Å². The summed E-state index contributed by atoms with van der Waals surface area (Å²) in [6.45, 7) is 4.39. The largest absolute Gasteiger partial charge is 0.463 e. The summed E-state index contributed by atoms with van der Waals surface area (Å²) in [6, 6.07) is 6.97. The average molecular weight is 526 g/mol. The minimum atomic E-state index is -1.25. The van der Waals surface area contributed by atoms with Crippen molar-refractivity contribution in [3.63, 3.8) is 0 Å². The van der Waals surface area contributed by atoms with Gasteiger partial charge in [0.1, 0.15) is 18.8 Å². The SMILES string of the molecule is CC(=O)OCC1O[C@@H](c2ccc(C#N)c(CBr)c2)[C@H](OC(C)=O)C(OC(C)=O)[C@@H]1OC(C)=O. The molecule has 2 unspecified atom stereocenters. The molecule has 0 aliphatic carbocycles. The van der Waals surface area contributed by atoms with Gasteiger partial charge >= 0.3 is 23.9 Å². The molecule has 0 spiro atoms. The molecule has 5 atom stereocenters. The second-order valence-electron chi connectivity index (χ2n) is 7.28. The van der Waals surface area contributed by atoms with Crippen molar-refractivity contribution in [2.24, 2.45) is 0 Å². The molecule has 1 heterocycles. The lowest BCUT2D eigenvalue weighted by Gasteiger charge is -2.44. The fourth-order valence-corrected chi connectivity index (χ4v) is 3.97. The number of hydrogen-bond acceptors (Lipinski definition) is 10. The molecular weight excluding hydrogens is 502 g/mol. The van der Waals surface area contributed by atoms with Crippen molar-refractivity contribution in [3.8, 4) is 6.07 Å². The summed E-state index contributed by atoms with van der Waals surface area (Å²) < 4.78 is 27.4. The maximum absolute atomic E-state index is 11.9. The molecule has 0 aromatic heterocycles. The lowest BCUT2D eigenvalue weighted by atomic mass is 9.89. The van der Waals surface area contributed by atoms with E-state index in [1.54, 1.807) is 18.2 Å². The molecule has 33 heavy (non-hydrogen) atoms. The average Bonchev–Trinajstić information content (AvgIpc) is 2.73. The molecule has 1 fully saturated rings. The summed E-state index contributed by atoms with van der Waals surface area (Å²) in [5.41, 5.74) is 1.60. The Morgan fingerprint density at radius 1 is 0.939 bits per heavy atom. The number of alkyl halides is 1. The van der Waals surface area contributed by atoms with E-state index in [2.05, 4.69) is 22.0 Å². The zero-order valence-corrected chi connectivity index (χ0v) is 20.1. The molecule has 0 N–H and O–H groups in total. The van der Waals surface area contributed by atoms with Gasteiger partial charge in [0.2, 0.25) is 0 Å². The molecule has 0 saturated carbocycles. The van der Waals surface area contributed by atoms with Crippen LogP contribution in [0.5, 0.6) is 0 Å². The summed E-state index contributed by atoms with van der Waals surface area (Å²) in [4.78, 5) is 47.0. The van der Waals surface area contributed by atoms with E-state index in [9.17, 15) is 24.4 Å². The van der Waals surface area contributed by atoms with E-state index in [0.29, 0.717) is 22.0 Å². The molecule has 1 aliphatic rings. The van der Waals surface area contributed by atoms with Crippen molar-refractivity contribution in [2.75, 3.05) is 6.61 Å². The smallest absolute Gasteiger partial charge is 0.303 e. The number of nitrogens with zero attached hydrogens (tertiary/aromatic N) is 1. The van der Waals surface area contributed by atoms with Crippen molar-refractivity contribution in [3.05, 3.63) is 34.9 Å². The van der Waals surface area contributed by atoms with Gasteiger partial charge in [-0.2, -0.15) is 5.26 Å². The number of rotatable bonds is 7. The number of hydrogen-bond donors (Lipinski definition) is 0. The number of nitriles is 1. The standard InChI is InChI=1S/C22H24BrNO9/c1-11(25)29-10-18-20(30-12(2)26)22(32-14(4)28)21(31-13(3)27)19(33-18)15-5-6-16(9-24)17(7-15)8-23/h5-7,18-22H,8,10H2,1-4H3/t18?,19-,20+,21-,22?/m0/s1. The summed E-state index contributed by atoms with van der Waals surface area (Å²) >= 11 is 3.34. The highest BCUT2D eigenvalue weighted by Gasteiger charge is 2.52. The van der Waals surface area contributed by atoms with E-state index >= 15 is 0 Å². The predicted octanol–water partition coefficient (Wildman–Crippen LogP) is 2.25. The third kappa shape index (κ3) is 7.00. The van der Waals surface area contributed by atoms with E-state index in [1.807, 2.05) is 0 Å². The third-order valence-electron chi connectivity index (χ3n) is 4.71. The van der Waals surface area contributed by atoms with Crippen LogP contribution in [0, 0.1) is 11.3 Å². The molecule has 11 heteroatoms. The number of carbonyl (C=O) groups is 4. The summed E-state index contributed by atoms with van der Waals surface area (Å²) in [5, 5.41) is 9.69. The third-order valence-corrected chi connectivity index (χ3v) is 5.32. The van der Waals surface area contributed by atoms with Crippen LogP contribution in [0.4, 0.5) is 0 Å². The second kappa shape index (κ2) is 11.8. The highest BCUT2D eigenvalue weighted by atomic mass is 79.9. The van der Waals surface area contributed by atoms with Crippen LogP contribution in [-0.4, -0.2) is 54.9 Å². The molecular formula is C22H24BrNO9. The Hall–Kier alpha value is -2.97. The monoisotopic (exact) mass is 525 g/mol. The first-order chi connectivity index (χ1) is 15.6. The Morgan fingerprint density at radius 3 is 2.03 bits per heavy atom. The van der Waals surface area contributed by atoms with Gasteiger partial charge in [-0.15, -0.1) is 0 Å². The quantitative estimate of drug-likeness (QED) is 0.295. The van der Waals surface area contributed by atoms with Crippen LogP contribution in [0.15, 0.2) is 18.2 Å². The van der Waals surface area contributed by atoms with Crippen LogP contribution in [-0.2, 0) is 48.2 Å². The van der Waals surface area contributed by atoms with Crippen LogP contribution in [0.2, 0.25) is 0 Å². The number of halogens is 1. The van der Waals surface area contributed by atoms with Gasteiger partial charge in [0.25, 0.3) is 0 Å². The molecule has 0 bridgehead atoms. The van der Waals surface area contributed by atoms with E-state index in [1.165, 1.54) is 13.8 Å². The van der Waals surface area contributed by atoms with Gasteiger partial charge in [-0.05, 0) is 17.2 Å². The second-order valence-corrected chi connectivity index (χ2v) is 7.84. The Morgan fingerprint density at radius 2 is 1.52 bits per heavy atom. The van der Waals surface area contributed by atoms with E-state index in [0.717, 1.165) is 13.8 Å². The Kier molecular flexibility index (Phi) is 9.37. The molecule has 1 aliphatic heterocycles. The first-order valence-electron chi connectivity index (χ1n) is 9.96. The number of esters is 4. The fraction of sp³-hybridized carbons (Fsp3) is 0.500. The van der Waals surface area contributed by atoms with Crippen molar-refractivity contribution < 1.29 is 42.9 Å². The zero-order valence-electron chi connectivity index (χ0n) is 18.5. The van der Waals surface area contributed by atoms with Crippen molar-refractivity contribution in [1.29, 1.82) is 5.26 Å². The fourth-order valence-electron chi connectivity index (χ4n) is 3.51. The molecule has 2 rings (SSSR count). The lowest BCUT2D eigenvalue weighted by molar-refractivity contribution is -0.254. The van der Waals surface area contributed by atoms with Gasteiger partial charge in [0.15, 0.2) is 18.3 Å². The highest BCUT2D eigenvalue weighted by molar-refractivity contribution is 9.08. The van der Waals surface area contributed by atoms with E-state index < -0.39 is 54.4 Å². The topological polar surface area (TPSA) is 138 Å². The summed E-state index contributed by atoms with van der Waals surface area (Å²) in [5.74, 6) is -2.68. The number of benzene rings is 1. The van der Waals surface area contributed by atoms with E-state index in [4.69, 9.17) is 23.7 Å². The van der Waals surface area contributed by atoms with Crippen LogP contribution in [0.3, 0.4) is 0 Å². The molecule has 0 radical (unpaired) electrons. The molecule has 1 aromatic rings. The minimum Gasteiger partial charge on any atom is -0.463 e. The van der Waals surface area contributed by atoms with Crippen molar-refractivity contribution >= 4 is 39.8 Å². The van der Waals surface area contributed by atoms with Gasteiger partial charge in [-0.3, -0.25) is 19.2 Å². The summed E-state index contributed by atoms with van der Waals surface area (Å²) in [6.07, 6.45) is -5.70. The highest BCUT2D eigenvalue weighted by Crippen LogP contribution is 2.38. The van der Waals surface area contributed by atoms with E-state index in [-0.39, 0.29) is 6.61 Å². The first-order valence-corrected chi connectivity index (χ1v) is 11.1. The van der Waals surface area contributed by atoms with Crippen LogP contribution in [0.1, 0.15) is 50.5 Å². The Bertz CT molecular complexity index is 958. The minimum absolute atomic E-state index is 0.310. The zero-order chi connectivity index (χ0) is 24.7. The number of carbonyl (C=O) groups excluding carboxylic acids is 4. The molecule has 10 nitrogen and oxygen atoms in total. The Balaban J connectivity index is 2.61. The summed E-state index contributed by atoms with van der Waals surface area (Å²) in [7, 11) is 0. The van der Waals surface area contributed by atoms with Gasteiger partial charge in [0, 0.05) is 33.0 Å². The maximum atomic E-state index is 11.9. The van der Waals surface area contributed by atoms with Gasteiger partial charge in [0.05, 0.1) is 11.6 Å². The molecule has 0 amide bonds. The maximum Gasteiger partial charge on any atom is 0.303 e. The van der Waals surface area contributed by atoms with Crippen molar-refractivity contribution in [2.45, 2.75) is 63.5 Å². The molecule has 1 saturated heterocycles. The lowest BCUT2D eigenvalue weighted by Crippen LogP contribution is -2.59. The van der Waals surface area contributed by atoms with Gasteiger partial charge in [-0.1, -0.05) is 28.1 Å². The van der Waals surface area contributed by atoms with Crippen LogP contribution < -0.4 is 0 Å². The van der Waals surface area contributed by atoms with Crippen LogP contribution in [0.25, 0.3) is 0 Å². The first kappa shape index (κ1) is 26.3. The normalized spacial score (nSPS) is 24.2. The predicted molar refractivity (Wildman–Crippen MR) is 115 cm³/mol. The van der Waals surface area contributed by atoms with Crippen LogP contribution >= 0.6 is 15.9 Å².